The molecule has 1 aromatic carbocycles. The van der Waals surface area contributed by atoms with Gasteiger partial charge in [-0.2, -0.15) is 0 Å². The third-order valence-electron chi connectivity index (χ3n) is 4.94. The minimum Gasteiger partial charge on any atom is -0.466 e. The maximum Gasteiger partial charge on any atom is 0.309 e. The van der Waals surface area contributed by atoms with E-state index < -0.39 is 0 Å². The third kappa shape index (κ3) is 6.58. The molecule has 1 aliphatic rings. The van der Waals surface area contributed by atoms with Gasteiger partial charge in [-0.05, 0) is 55.9 Å². The summed E-state index contributed by atoms with van der Waals surface area (Å²) in [5.74, 6) is 6.61. The van der Waals surface area contributed by atoms with Gasteiger partial charge in [0.25, 0.3) is 0 Å². The van der Waals surface area contributed by atoms with Gasteiger partial charge in [0.2, 0.25) is 0 Å². The fourth-order valence-corrected chi connectivity index (χ4v) is 3.45. The summed E-state index contributed by atoms with van der Waals surface area (Å²) < 4.78 is 5.17. The third-order valence-corrected chi connectivity index (χ3v) is 4.94. The number of ether oxygens (including phenoxy) is 1. The van der Waals surface area contributed by atoms with Gasteiger partial charge in [0, 0.05) is 12.0 Å². The van der Waals surface area contributed by atoms with E-state index >= 15 is 0 Å². The van der Waals surface area contributed by atoms with Gasteiger partial charge in [0.05, 0.1) is 12.5 Å². The number of carbonyl (C=O) groups is 1. The molecule has 1 unspecified atom stereocenters. The molecule has 0 saturated heterocycles. The average molecular weight is 341 g/mol. The summed E-state index contributed by atoms with van der Waals surface area (Å²) in [6, 6.07) is 6.46. The van der Waals surface area contributed by atoms with Crippen molar-refractivity contribution >= 4 is 5.97 Å². The maximum atomic E-state index is 11.9. The van der Waals surface area contributed by atoms with Crippen LogP contribution in [0.4, 0.5) is 0 Å². The minimum absolute atomic E-state index is 0.0251. The van der Waals surface area contributed by atoms with Crippen LogP contribution < -0.4 is 0 Å². The lowest BCUT2D eigenvalue weighted by Crippen LogP contribution is -2.24. The number of carbonyl (C=O) groups excluding carboxylic acids is 1. The first kappa shape index (κ1) is 19.6. The van der Waals surface area contributed by atoms with Crippen LogP contribution in [-0.4, -0.2) is 12.6 Å². The summed E-state index contributed by atoms with van der Waals surface area (Å²) in [5.41, 5.74) is 3.75. The van der Waals surface area contributed by atoms with Gasteiger partial charge in [-0.15, -0.1) is 0 Å². The van der Waals surface area contributed by atoms with Crippen LogP contribution in [0.5, 0.6) is 0 Å². The van der Waals surface area contributed by atoms with Gasteiger partial charge < -0.3 is 4.74 Å². The zero-order valence-corrected chi connectivity index (χ0v) is 15.9. The average Bonchev–Trinajstić information content (AvgIpc) is 2.63. The fourth-order valence-electron chi connectivity index (χ4n) is 3.45. The van der Waals surface area contributed by atoms with Crippen molar-refractivity contribution in [1.29, 1.82) is 0 Å². The summed E-state index contributed by atoms with van der Waals surface area (Å²) >= 11 is 0. The van der Waals surface area contributed by atoms with Crippen LogP contribution in [0.1, 0.15) is 81.9 Å². The second-order valence-electron chi connectivity index (χ2n) is 6.99. The molecule has 0 radical (unpaired) electrons. The van der Waals surface area contributed by atoms with E-state index in [4.69, 9.17) is 4.74 Å². The molecule has 0 amide bonds. The standard InChI is InChI=1S/C23H32O2/c1-3-5-6-7-8-9-10-11-12-19-13-14-21-18-22(23(24)25-4-2)16-15-20(21)17-19/h13-14,17,22H,3-10,15-16,18H2,1-2H3. The SMILES string of the molecule is CCCCCCCCC#Cc1ccc2c(c1)CCC(C(=O)OCC)C2. The first-order chi connectivity index (χ1) is 12.2. The van der Waals surface area contributed by atoms with Gasteiger partial charge in [0.1, 0.15) is 0 Å². The lowest BCUT2D eigenvalue weighted by atomic mass is 9.83. The Morgan fingerprint density at radius 3 is 2.72 bits per heavy atom. The van der Waals surface area contributed by atoms with Crippen molar-refractivity contribution in [1.82, 2.24) is 0 Å². The largest absolute Gasteiger partial charge is 0.466 e. The number of fused-ring (bicyclic) bond motifs is 1. The molecule has 25 heavy (non-hydrogen) atoms. The molecule has 0 spiro atoms. The highest BCUT2D eigenvalue weighted by molar-refractivity contribution is 5.73. The van der Waals surface area contributed by atoms with Crippen LogP contribution in [0.3, 0.4) is 0 Å². The Kier molecular flexibility index (Phi) is 8.60. The molecular weight excluding hydrogens is 308 g/mol. The first-order valence-electron chi connectivity index (χ1n) is 10.0. The fraction of sp³-hybridized carbons (Fsp3) is 0.609. The van der Waals surface area contributed by atoms with E-state index in [9.17, 15) is 4.79 Å². The number of benzene rings is 1. The summed E-state index contributed by atoms with van der Waals surface area (Å²) in [7, 11) is 0. The highest BCUT2D eigenvalue weighted by atomic mass is 16.5. The van der Waals surface area contributed by atoms with Gasteiger partial charge in [-0.1, -0.05) is 56.9 Å². The quantitative estimate of drug-likeness (QED) is 0.357. The number of rotatable bonds is 8. The molecule has 2 rings (SSSR count). The van der Waals surface area contributed by atoms with Crippen LogP contribution in [0.2, 0.25) is 0 Å². The van der Waals surface area contributed by atoms with Crippen molar-refractivity contribution in [2.75, 3.05) is 6.61 Å². The lowest BCUT2D eigenvalue weighted by Gasteiger charge is -2.23. The van der Waals surface area contributed by atoms with E-state index in [2.05, 4.69) is 37.0 Å². The van der Waals surface area contributed by atoms with E-state index in [-0.39, 0.29) is 11.9 Å². The first-order valence-corrected chi connectivity index (χ1v) is 10.0. The smallest absolute Gasteiger partial charge is 0.309 e. The summed E-state index contributed by atoms with van der Waals surface area (Å²) in [4.78, 5) is 11.9. The van der Waals surface area contributed by atoms with Crippen LogP contribution >= 0.6 is 0 Å². The number of unbranched alkanes of at least 4 members (excludes halogenated alkanes) is 6. The molecule has 0 heterocycles. The second-order valence-corrected chi connectivity index (χ2v) is 6.99. The van der Waals surface area contributed by atoms with Gasteiger partial charge >= 0.3 is 5.97 Å². The molecule has 2 heteroatoms. The summed E-state index contributed by atoms with van der Waals surface area (Å²) in [5, 5.41) is 0. The number of aryl methyl sites for hydroxylation is 1. The predicted octanol–water partition coefficient (Wildman–Crippen LogP) is 5.46. The normalized spacial score (nSPS) is 15.8. The Bertz CT molecular complexity index is 606. The molecule has 2 nitrogen and oxygen atoms in total. The molecule has 1 aromatic rings. The van der Waals surface area contributed by atoms with Gasteiger partial charge in [-0.3, -0.25) is 4.79 Å². The van der Waals surface area contributed by atoms with Crippen molar-refractivity contribution in [3.8, 4) is 11.8 Å². The molecule has 0 N–H and O–H groups in total. The summed E-state index contributed by atoms with van der Waals surface area (Å²) in [6.45, 7) is 4.58. The predicted molar refractivity (Wildman–Crippen MR) is 103 cm³/mol. The second kappa shape index (κ2) is 11.0. The Labute approximate surface area is 153 Å². The molecule has 1 atom stereocenters. The Morgan fingerprint density at radius 2 is 1.92 bits per heavy atom. The molecular formula is C23H32O2. The van der Waals surface area contributed by atoms with E-state index in [0.717, 1.165) is 31.2 Å². The van der Waals surface area contributed by atoms with Crippen molar-refractivity contribution < 1.29 is 9.53 Å². The Morgan fingerprint density at radius 1 is 1.12 bits per heavy atom. The van der Waals surface area contributed by atoms with Crippen LogP contribution in [0, 0.1) is 17.8 Å². The molecule has 0 saturated carbocycles. The summed E-state index contributed by atoms with van der Waals surface area (Å²) in [6.07, 6.45) is 11.5. The van der Waals surface area contributed by atoms with Gasteiger partial charge in [-0.25, -0.2) is 0 Å². The molecule has 0 aromatic heterocycles. The lowest BCUT2D eigenvalue weighted by molar-refractivity contribution is -0.148. The highest BCUT2D eigenvalue weighted by Gasteiger charge is 2.25. The van der Waals surface area contributed by atoms with E-state index in [0.29, 0.717) is 6.61 Å². The molecule has 136 valence electrons. The Balaban J connectivity index is 1.80. The number of hydrogen-bond donors (Lipinski definition) is 0. The van der Waals surface area contributed by atoms with E-state index in [1.54, 1.807) is 0 Å². The van der Waals surface area contributed by atoms with Crippen LogP contribution in [-0.2, 0) is 22.4 Å². The topological polar surface area (TPSA) is 26.3 Å². The van der Waals surface area contributed by atoms with Crippen molar-refractivity contribution in [2.45, 2.75) is 78.1 Å². The monoisotopic (exact) mass is 340 g/mol. The molecule has 0 aliphatic heterocycles. The van der Waals surface area contributed by atoms with E-state index in [1.807, 2.05) is 6.92 Å². The van der Waals surface area contributed by atoms with Crippen molar-refractivity contribution in [3.05, 3.63) is 34.9 Å². The van der Waals surface area contributed by atoms with Gasteiger partial charge in [0.15, 0.2) is 0 Å². The number of esters is 1. The number of hydrogen-bond acceptors (Lipinski definition) is 2. The van der Waals surface area contributed by atoms with Crippen molar-refractivity contribution in [2.24, 2.45) is 5.92 Å². The Hall–Kier alpha value is -1.75. The zero-order chi connectivity index (χ0) is 17.9. The van der Waals surface area contributed by atoms with Crippen LogP contribution in [0.15, 0.2) is 18.2 Å². The maximum absolute atomic E-state index is 11.9. The molecule has 0 bridgehead atoms. The van der Waals surface area contributed by atoms with Crippen LogP contribution in [0.25, 0.3) is 0 Å². The van der Waals surface area contributed by atoms with E-state index in [1.165, 1.54) is 49.7 Å². The van der Waals surface area contributed by atoms with Crippen molar-refractivity contribution in [3.63, 3.8) is 0 Å². The molecule has 1 aliphatic carbocycles. The highest BCUT2D eigenvalue weighted by Crippen LogP contribution is 2.27. The minimum atomic E-state index is -0.0454. The molecule has 0 fully saturated rings. The zero-order valence-electron chi connectivity index (χ0n) is 15.9.